The summed E-state index contributed by atoms with van der Waals surface area (Å²) >= 11 is 0. The van der Waals surface area contributed by atoms with Gasteiger partial charge >= 0.3 is 5.97 Å². The highest BCUT2D eigenvalue weighted by Gasteiger charge is 2.17. The van der Waals surface area contributed by atoms with E-state index in [2.05, 4.69) is 5.32 Å². The topological polar surface area (TPSA) is 68.5 Å². The van der Waals surface area contributed by atoms with Crippen LogP contribution in [0.4, 0.5) is 4.39 Å². The van der Waals surface area contributed by atoms with Gasteiger partial charge in [0.2, 0.25) is 5.76 Å². The predicted molar refractivity (Wildman–Crippen MR) is 86.9 cm³/mol. The lowest BCUT2D eigenvalue weighted by Crippen LogP contribution is -2.36. The number of carbonyl (C=O) groups excluding carboxylic acids is 2. The van der Waals surface area contributed by atoms with Crippen molar-refractivity contribution in [2.45, 2.75) is 32.7 Å². The Morgan fingerprint density at radius 1 is 1.17 bits per heavy atom. The molecule has 1 N–H and O–H groups in total. The number of hydrogen-bond acceptors (Lipinski definition) is 4. The van der Waals surface area contributed by atoms with Crippen LogP contribution in [0.25, 0.3) is 11.3 Å². The maximum absolute atomic E-state index is 13.7. The normalized spacial score (nSPS) is 10.7. The summed E-state index contributed by atoms with van der Waals surface area (Å²) < 4.78 is 23.9. The number of benzene rings is 1. The summed E-state index contributed by atoms with van der Waals surface area (Å²) in [5.41, 5.74) is 0.253. The molecule has 6 heteroatoms. The molecule has 0 saturated carbocycles. The Kier molecular flexibility index (Phi) is 6.12. The molecule has 5 nitrogen and oxygen atoms in total. The Hall–Kier alpha value is -2.63. The number of esters is 1. The van der Waals surface area contributed by atoms with E-state index >= 15 is 0 Å². The molecule has 24 heavy (non-hydrogen) atoms. The quantitative estimate of drug-likeness (QED) is 0.787. The van der Waals surface area contributed by atoms with Crippen molar-refractivity contribution in [2.24, 2.45) is 0 Å². The van der Waals surface area contributed by atoms with E-state index in [1.807, 2.05) is 13.8 Å². The Bertz CT molecular complexity index is 707. The molecular formula is C18H20FNO4. The number of carbonyl (C=O) groups is 2. The van der Waals surface area contributed by atoms with E-state index in [1.54, 1.807) is 18.2 Å². The van der Waals surface area contributed by atoms with Crippen LogP contribution in [0.1, 0.15) is 37.2 Å². The number of ether oxygens (including phenoxy) is 1. The molecule has 0 atom stereocenters. The van der Waals surface area contributed by atoms with Crippen LogP contribution < -0.4 is 5.32 Å². The molecule has 2 aromatic rings. The van der Waals surface area contributed by atoms with Crippen molar-refractivity contribution >= 4 is 11.9 Å². The van der Waals surface area contributed by atoms with Crippen LogP contribution in [0.3, 0.4) is 0 Å². The van der Waals surface area contributed by atoms with Gasteiger partial charge in [-0.3, -0.25) is 4.79 Å². The van der Waals surface area contributed by atoms with Crippen molar-refractivity contribution < 1.29 is 23.1 Å². The van der Waals surface area contributed by atoms with Gasteiger partial charge in [-0.05, 0) is 37.1 Å². The number of hydrogen-bond donors (Lipinski definition) is 1. The van der Waals surface area contributed by atoms with E-state index in [0.29, 0.717) is 0 Å². The minimum Gasteiger partial charge on any atom is -0.450 e. The molecule has 0 radical (unpaired) electrons. The highest BCUT2D eigenvalue weighted by molar-refractivity contribution is 5.89. The number of rotatable bonds is 7. The number of halogens is 1. The molecule has 0 saturated heterocycles. The van der Waals surface area contributed by atoms with Crippen molar-refractivity contribution in [1.82, 2.24) is 5.32 Å². The van der Waals surface area contributed by atoms with Gasteiger partial charge in [0.15, 0.2) is 6.61 Å². The molecule has 1 amide bonds. The Labute approximate surface area is 139 Å². The van der Waals surface area contributed by atoms with Gasteiger partial charge in [-0.2, -0.15) is 0 Å². The fourth-order valence-electron chi connectivity index (χ4n) is 2.22. The van der Waals surface area contributed by atoms with E-state index < -0.39 is 11.8 Å². The zero-order valence-corrected chi connectivity index (χ0v) is 13.7. The molecule has 1 aromatic heterocycles. The number of amides is 1. The second-order valence-corrected chi connectivity index (χ2v) is 5.30. The summed E-state index contributed by atoms with van der Waals surface area (Å²) in [6.07, 6.45) is 1.61. The third kappa shape index (κ3) is 4.44. The summed E-state index contributed by atoms with van der Waals surface area (Å²) in [5, 5.41) is 2.77. The van der Waals surface area contributed by atoms with Crippen LogP contribution in [0, 0.1) is 5.82 Å². The van der Waals surface area contributed by atoms with Gasteiger partial charge in [0.05, 0.1) is 5.56 Å². The van der Waals surface area contributed by atoms with Gasteiger partial charge in [0.1, 0.15) is 11.6 Å². The standard InChI is InChI=1S/C18H20FNO4/c1-3-12(4-2)20-17(21)11-23-18(22)16-10-9-15(24-16)13-7-5-6-8-14(13)19/h5-10,12H,3-4,11H2,1-2H3,(H,20,21). The van der Waals surface area contributed by atoms with Crippen LogP contribution in [0.2, 0.25) is 0 Å². The van der Waals surface area contributed by atoms with Gasteiger partial charge in [0.25, 0.3) is 5.91 Å². The SMILES string of the molecule is CCC(CC)NC(=O)COC(=O)c1ccc(-c2ccccc2F)o1. The smallest absolute Gasteiger partial charge is 0.374 e. The summed E-state index contributed by atoms with van der Waals surface area (Å²) in [6, 6.07) is 9.02. The fraction of sp³-hybridized carbons (Fsp3) is 0.333. The molecule has 0 spiro atoms. The Morgan fingerprint density at radius 2 is 1.88 bits per heavy atom. The van der Waals surface area contributed by atoms with Crippen molar-refractivity contribution in [3.8, 4) is 11.3 Å². The van der Waals surface area contributed by atoms with Crippen LogP contribution >= 0.6 is 0 Å². The van der Waals surface area contributed by atoms with Crippen molar-refractivity contribution in [1.29, 1.82) is 0 Å². The maximum atomic E-state index is 13.7. The second kappa shape index (κ2) is 8.29. The van der Waals surface area contributed by atoms with E-state index in [-0.39, 0.29) is 35.6 Å². The average molecular weight is 333 g/mol. The molecule has 1 aromatic carbocycles. The molecule has 128 valence electrons. The minimum atomic E-state index is -0.766. The first kappa shape index (κ1) is 17.7. The molecule has 0 aliphatic carbocycles. The predicted octanol–water partition coefficient (Wildman–Crippen LogP) is 3.55. The van der Waals surface area contributed by atoms with Gasteiger partial charge in [-0.25, -0.2) is 9.18 Å². The largest absolute Gasteiger partial charge is 0.450 e. The average Bonchev–Trinajstić information content (AvgIpc) is 3.07. The first-order chi connectivity index (χ1) is 11.5. The first-order valence-electron chi connectivity index (χ1n) is 7.86. The molecule has 0 aliphatic heterocycles. The lowest BCUT2D eigenvalue weighted by Gasteiger charge is -2.14. The molecule has 1 heterocycles. The van der Waals surface area contributed by atoms with Crippen LogP contribution in [-0.4, -0.2) is 24.5 Å². The van der Waals surface area contributed by atoms with E-state index in [9.17, 15) is 14.0 Å². The minimum absolute atomic E-state index is 0.0625. The lowest BCUT2D eigenvalue weighted by atomic mass is 10.1. The van der Waals surface area contributed by atoms with Crippen LogP contribution in [0.15, 0.2) is 40.8 Å². The molecule has 0 fully saturated rings. The molecule has 0 unspecified atom stereocenters. The zero-order valence-electron chi connectivity index (χ0n) is 13.7. The van der Waals surface area contributed by atoms with E-state index in [1.165, 1.54) is 18.2 Å². The van der Waals surface area contributed by atoms with Crippen LogP contribution in [-0.2, 0) is 9.53 Å². The third-order valence-electron chi connectivity index (χ3n) is 3.63. The Morgan fingerprint density at radius 3 is 2.54 bits per heavy atom. The number of furan rings is 1. The lowest BCUT2D eigenvalue weighted by molar-refractivity contribution is -0.125. The molecule has 0 bridgehead atoms. The van der Waals surface area contributed by atoms with Gasteiger partial charge in [-0.1, -0.05) is 26.0 Å². The number of nitrogens with one attached hydrogen (secondary N) is 1. The Balaban J connectivity index is 1.94. The highest BCUT2D eigenvalue weighted by Crippen LogP contribution is 2.25. The van der Waals surface area contributed by atoms with E-state index in [4.69, 9.17) is 9.15 Å². The summed E-state index contributed by atoms with van der Waals surface area (Å²) in [4.78, 5) is 23.6. The van der Waals surface area contributed by atoms with Gasteiger partial charge in [0, 0.05) is 6.04 Å². The second-order valence-electron chi connectivity index (χ2n) is 5.30. The summed E-state index contributed by atoms with van der Waals surface area (Å²) in [7, 11) is 0. The molecular weight excluding hydrogens is 313 g/mol. The first-order valence-corrected chi connectivity index (χ1v) is 7.86. The van der Waals surface area contributed by atoms with Crippen molar-refractivity contribution in [2.75, 3.05) is 6.61 Å². The summed E-state index contributed by atoms with van der Waals surface area (Å²) in [5.74, 6) is -1.43. The third-order valence-corrected chi connectivity index (χ3v) is 3.63. The van der Waals surface area contributed by atoms with Crippen molar-refractivity contribution in [3.05, 3.63) is 48.0 Å². The molecule has 0 aliphatic rings. The van der Waals surface area contributed by atoms with Gasteiger partial charge in [-0.15, -0.1) is 0 Å². The fourth-order valence-corrected chi connectivity index (χ4v) is 2.22. The van der Waals surface area contributed by atoms with Gasteiger partial charge < -0.3 is 14.5 Å². The molecule has 2 rings (SSSR count). The maximum Gasteiger partial charge on any atom is 0.374 e. The van der Waals surface area contributed by atoms with Crippen molar-refractivity contribution in [3.63, 3.8) is 0 Å². The van der Waals surface area contributed by atoms with E-state index in [0.717, 1.165) is 12.8 Å². The van der Waals surface area contributed by atoms with Crippen LogP contribution in [0.5, 0.6) is 0 Å². The highest BCUT2D eigenvalue weighted by atomic mass is 19.1. The zero-order chi connectivity index (χ0) is 17.5. The monoisotopic (exact) mass is 333 g/mol. The summed E-state index contributed by atoms with van der Waals surface area (Å²) in [6.45, 7) is 3.55.